The van der Waals surface area contributed by atoms with Crippen LogP contribution >= 0.6 is 0 Å². The third-order valence-corrected chi connectivity index (χ3v) is 5.31. The molecule has 8 heteroatoms. The monoisotopic (exact) mass is 364 g/mol. The number of benzene rings is 2. The number of ether oxygens (including phenoxy) is 2. The highest BCUT2D eigenvalue weighted by atomic mass is 32.2. The molecule has 0 saturated carbocycles. The second kappa shape index (κ2) is 8.00. The molecule has 0 radical (unpaired) electrons. The third-order valence-electron chi connectivity index (χ3n) is 3.53. The molecule has 1 amide bonds. The topological polar surface area (TPSA) is 98.9 Å². The van der Waals surface area contributed by atoms with Gasteiger partial charge < -0.3 is 15.2 Å². The number of hydrogen-bond donors (Lipinski definition) is 1. The van der Waals surface area contributed by atoms with Crippen molar-refractivity contribution in [2.45, 2.75) is 11.4 Å². The number of rotatable bonds is 8. The Morgan fingerprint density at radius 2 is 1.68 bits per heavy atom. The molecule has 0 aliphatic rings. The first-order valence-corrected chi connectivity index (χ1v) is 8.87. The van der Waals surface area contributed by atoms with Crippen molar-refractivity contribution in [1.82, 2.24) is 4.31 Å². The Morgan fingerprint density at radius 1 is 1.04 bits per heavy atom. The van der Waals surface area contributed by atoms with Gasteiger partial charge in [-0.1, -0.05) is 30.3 Å². The molecule has 134 valence electrons. The van der Waals surface area contributed by atoms with Gasteiger partial charge in [-0.25, -0.2) is 8.42 Å². The fraction of sp³-hybridized carbons (Fsp3) is 0.235. The lowest BCUT2D eigenvalue weighted by atomic mass is 10.2. The first-order valence-electron chi connectivity index (χ1n) is 7.43. The van der Waals surface area contributed by atoms with Crippen LogP contribution < -0.4 is 15.2 Å². The average Bonchev–Trinajstić information content (AvgIpc) is 2.61. The Balaban J connectivity index is 2.42. The molecule has 25 heavy (non-hydrogen) atoms. The molecule has 0 unspecified atom stereocenters. The second-order valence-electron chi connectivity index (χ2n) is 5.24. The quantitative estimate of drug-likeness (QED) is 0.763. The molecule has 2 N–H and O–H groups in total. The zero-order valence-corrected chi connectivity index (χ0v) is 14.8. The van der Waals surface area contributed by atoms with Crippen LogP contribution in [0.2, 0.25) is 0 Å². The summed E-state index contributed by atoms with van der Waals surface area (Å²) in [4.78, 5) is 11.4. The minimum atomic E-state index is -3.95. The van der Waals surface area contributed by atoms with Crippen LogP contribution in [0.4, 0.5) is 0 Å². The molecule has 0 aliphatic heterocycles. The van der Waals surface area contributed by atoms with Gasteiger partial charge in [-0.3, -0.25) is 4.79 Å². The van der Waals surface area contributed by atoms with E-state index in [0.717, 1.165) is 9.87 Å². The summed E-state index contributed by atoms with van der Waals surface area (Å²) in [5.41, 5.74) is 5.98. The van der Waals surface area contributed by atoms with Crippen LogP contribution in [-0.4, -0.2) is 39.4 Å². The van der Waals surface area contributed by atoms with E-state index in [2.05, 4.69) is 0 Å². The normalized spacial score (nSPS) is 11.3. The Bertz CT molecular complexity index is 837. The van der Waals surface area contributed by atoms with E-state index in [1.165, 1.54) is 32.4 Å². The number of amides is 1. The van der Waals surface area contributed by atoms with Crippen LogP contribution in [0.25, 0.3) is 0 Å². The summed E-state index contributed by atoms with van der Waals surface area (Å²) in [6.07, 6.45) is 0. The van der Waals surface area contributed by atoms with Gasteiger partial charge in [-0.2, -0.15) is 4.31 Å². The molecule has 0 spiro atoms. The Kier molecular flexibility index (Phi) is 6.00. The maximum absolute atomic E-state index is 13.0. The van der Waals surface area contributed by atoms with Crippen LogP contribution in [0.3, 0.4) is 0 Å². The number of methoxy groups -OCH3 is 2. The number of nitrogens with zero attached hydrogens (tertiary/aromatic N) is 1. The van der Waals surface area contributed by atoms with Crippen LogP contribution in [0.5, 0.6) is 11.5 Å². The predicted molar refractivity (Wildman–Crippen MR) is 92.8 cm³/mol. The maximum atomic E-state index is 13.0. The van der Waals surface area contributed by atoms with E-state index >= 15 is 0 Å². The minimum absolute atomic E-state index is 0.0117. The molecular weight excluding hydrogens is 344 g/mol. The van der Waals surface area contributed by atoms with Gasteiger partial charge >= 0.3 is 0 Å². The third kappa shape index (κ3) is 4.49. The van der Waals surface area contributed by atoms with Gasteiger partial charge in [0.1, 0.15) is 0 Å². The Morgan fingerprint density at radius 3 is 2.24 bits per heavy atom. The Hall–Kier alpha value is -2.58. The molecule has 2 aromatic rings. The van der Waals surface area contributed by atoms with Crippen molar-refractivity contribution in [2.24, 2.45) is 5.73 Å². The highest BCUT2D eigenvalue weighted by molar-refractivity contribution is 7.89. The van der Waals surface area contributed by atoms with Crippen LogP contribution in [0.15, 0.2) is 53.4 Å². The summed E-state index contributed by atoms with van der Waals surface area (Å²) in [6, 6.07) is 13.2. The molecule has 0 fully saturated rings. The minimum Gasteiger partial charge on any atom is -0.493 e. The molecule has 0 saturated heterocycles. The summed E-state index contributed by atoms with van der Waals surface area (Å²) in [7, 11) is -1.08. The van der Waals surface area contributed by atoms with E-state index in [0.29, 0.717) is 5.75 Å². The highest BCUT2D eigenvalue weighted by Gasteiger charge is 2.27. The smallest absolute Gasteiger partial charge is 0.243 e. The van der Waals surface area contributed by atoms with Gasteiger partial charge in [0.2, 0.25) is 15.9 Å². The molecule has 7 nitrogen and oxygen atoms in total. The summed E-state index contributed by atoms with van der Waals surface area (Å²) in [6.45, 7) is -0.397. The van der Waals surface area contributed by atoms with Crippen LogP contribution in [-0.2, 0) is 21.4 Å². The van der Waals surface area contributed by atoms with Crippen molar-refractivity contribution in [3.05, 3.63) is 54.1 Å². The summed E-state index contributed by atoms with van der Waals surface area (Å²) in [5.74, 6) is -0.0479. The van der Waals surface area contributed by atoms with Gasteiger partial charge in [-0.05, 0) is 17.7 Å². The second-order valence-corrected chi connectivity index (χ2v) is 7.18. The number of carbonyl (C=O) groups is 1. The van der Waals surface area contributed by atoms with Crippen molar-refractivity contribution < 1.29 is 22.7 Å². The van der Waals surface area contributed by atoms with Crippen molar-refractivity contribution in [2.75, 3.05) is 20.8 Å². The molecule has 2 aromatic carbocycles. The van der Waals surface area contributed by atoms with Crippen molar-refractivity contribution in [3.63, 3.8) is 0 Å². The largest absolute Gasteiger partial charge is 0.493 e. The molecule has 0 aliphatic carbocycles. The van der Waals surface area contributed by atoms with Crippen molar-refractivity contribution >= 4 is 15.9 Å². The molecule has 0 aromatic heterocycles. The number of carbonyl (C=O) groups excluding carboxylic acids is 1. The zero-order valence-electron chi connectivity index (χ0n) is 14.0. The SMILES string of the molecule is COc1ccc(S(=O)(=O)N(CC(N)=O)Cc2ccccc2)cc1OC. The van der Waals surface area contributed by atoms with Gasteiger partial charge in [0.15, 0.2) is 11.5 Å². The predicted octanol–water partition coefficient (Wildman–Crippen LogP) is 1.38. The van der Waals surface area contributed by atoms with Crippen molar-refractivity contribution in [3.8, 4) is 11.5 Å². The number of nitrogens with two attached hydrogens (primary N) is 1. The Labute approximate surface area is 147 Å². The first kappa shape index (κ1) is 18.8. The molecule has 0 heterocycles. The van der Waals surface area contributed by atoms with E-state index in [1.807, 2.05) is 6.07 Å². The van der Waals surface area contributed by atoms with E-state index in [1.54, 1.807) is 24.3 Å². The zero-order chi connectivity index (χ0) is 18.4. The van der Waals surface area contributed by atoms with E-state index in [4.69, 9.17) is 15.2 Å². The summed E-state index contributed by atoms with van der Waals surface area (Å²) < 4.78 is 37.2. The van der Waals surface area contributed by atoms with E-state index in [9.17, 15) is 13.2 Å². The molecule has 2 rings (SSSR count). The fourth-order valence-electron chi connectivity index (χ4n) is 2.31. The number of primary amides is 1. The molecule has 0 bridgehead atoms. The van der Waals surface area contributed by atoms with Gasteiger partial charge in [0, 0.05) is 12.6 Å². The number of hydrogen-bond acceptors (Lipinski definition) is 5. The highest BCUT2D eigenvalue weighted by Crippen LogP contribution is 2.31. The fourth-order valence-corrected chi connectivity index (χ4v) is 3.72. The summed E-state index contributed by atoms with van der Waals surface area (Å²) >= 11 is 0. The standard InChI is InChI=1S/C17H20N2O5S/c1-23-15-9-8-14(10-16(15)24-2)25(21,22)19(12-17(18)20)11-13-6-4-3-5-7-13/h3-10H,11-12H2,1-2H3,(H2,18,20). The summed E-state index contributed by atoms with van der Waals surface area (Å²) in [5, 5.41) is 0. The van der Waals surface area contributed by atoms with Gasteiger partial charge in [-0.15, -0.1) is 0 Å². The molecular formula is C17H20N2O5S. The van der Waals surface area contributed by atoms with Gasteiger partial charge in [0.25, 0.3) is 0 Å². The van der Waals surface area contributed by atoms with Crippen LogP contribution in [0.1, 0.15) is 5.56 Å². The van der Waals surface area contributed by atoms with E-state index < -0.39 is 22.5 Å². The van der Waals surface area contributed by atoms with Crippen molar-refractivity contribution in [1.29, 1.82) is 0 Å². The maximum Gasteiger partial charge on any atom is 0.243 e. The van der Waals surface area contributed by atoms with Crippen LogP contribution in [0, 0.1) is 0 Å². The van der Waals surface area contributed by atoms with E-state index in [-0.39, 0.29) is 17.2 Å². The average molecular weight is 364 g/mol. The lowest BCUT2D eigenvalue weighted by molar-refractivity contribution is -0.118. The number of sulfonamides is 1. The lowest BCUT2D eigenvalue weighted by Gasteiger charge is -2.21. The lowest BCUT2D eigenvalue weighted by Crippen LogP contribution is -2.38. The molecule has 0 atom stereocenters. The first-order chi connectivity index (χ1) is 11.9. The van der Waals surface area contributed by atoms with Gasteiger partial charge in [0.05, 0.1) is 25.7 Å².